The van der Waals surface area contributed by atoms with Crippen LogP contribution in [0.1, 0.15) is 0 Å². The Kier molecular flexibility index (Phi) is 6.22. The van der Waals surface area contributed by atoms with E-state index in [9.17, 15) is 9.18 Å². The second kappa shape index (κ2) is 8.62. The van der Waals surface area contributed by atoms with Gasteiger partial charge in [0.2, 0.25) is 11.6 Å². The zero-order valence-electron chi connectivity index (χ0n) is 13.7. The lowest BCUT2D eigenvalue weighted by atomic mass is 10.3. The van der Waals surface area contributed by atoms with Crippen LogP contribution in [0.3, 0.4) is 0 Å². The van der Waals surface area contributed by atoms with Gasteiger partial charge in [-0.2, -0.15) is 0 Å². The van der Waals surface area contributed by atoms with Crippen molar-refractivity contribution < 1.29 is 18.7 Å². The molecule has 14 heteroatoms. The number of rotatable bonds is 8. The number of nitrogens with one attached hydrogen (secondary N) is 2. The molecule has 0 radical (unpaired) electrons. The summed E-state index contributed by atoms with van der Waals surface area (Å²) in [6.45, 7) is 0.880. The monoisotopic (exact) mass is 461 g/mol. The first-order chi connectivity index (χ1) is 13.0. The molecule has 3 N–H and O–H groups in total. The number of hydrogen-bond donors (Lipinski definition) is 3. The van der Waals surface area contributed by atoms with Gasteiger partial charge in [-0.3, -0.25) is 4.52 Å². The van der Waals surface area contributed by atoms with Gasteiger partial charge in [-0.25, -0.2) is 23.1 Å². The first-order valence-corrected chi connectivity index (χ1v) is 8.97. The molecule has 3 rings (SSSR count). The molecule has 0 spiro atoms. The molecule has 2 aromatic heterocycles. The Morgan fingerprint density at radius 1 is 1.37 bits per heavy atom. The average Bonchev–Trinajstić information content (AvgIpc) is 3.23. The van der Waals surface area contributed by atoms with Crippen LogP contribution >= 0.6 is 28.1 Å². The minimum Gasteiger partial charge on any atom is -0.364 e. The highest BCUT2D eigenvalue weighted by Gasteiger charge is 2.23. The summed E-state index contributed by atoms with van der Waals surface area (Å²) in [5, 5.41) is 23.2. The van der Waals surface area contributed by atoms with Crippen LogP contribution in [0.5, 0.6) is 0 Å². The molecule has 0 aliphatic carbocycles. The summed E-state index contributed by atoms with van der Waals surface area (Å²) in [5.74, 6) is -0.974. The third kappa shape index (κ3) is 4.54. The zero-order chi connectivity index (χ0) is 19.4. The molecular formula is C13H13BrFN7O4S. The van der Waals surface area contributed by atoms with Crippen LogP contribution < -0.4 is 15.8 Å². The van der Waals surface area contributed by atoms with Gasteiger partial charge in [0.1, 0.15) is 5.82 Å². The van der Waals surface area contributed by atoms with Crippen molar-refractivity contribution in [3.8, 4) is 17.2 Å². The van der Waals surface area contributed by atoms with Crippen LogP contribution in [0.2, 0.25) is 0 Å². The summed E-state index contributed by atoms with van der Waals surface area (Å²) in [6, 6.07) is 4.00. The lowest BCUT2D eigenvalue weighted by molar-refractivity contribution is 0.0444. The number of halogens is 2. The molecule has 3 aromatic rings. The van der Waals surface area contributed by atoms with E-state index in [0.29, 0.717) is 18.8 Å². The lowest BCUT2D eigenvalue weighted by Gasteiger charge is -2.08. The maximum absolute atomic E-state index is 13.5. The SMILES string of the molecule is CN(O)SNCCNc1nonc1-c1noc(=O)n1-c1ccc(F)c(Br)c1. The second-order valence-corrected chi connectivity index (χ2v) is 6.90. The summed E-state index contributed by atoms with van der Waals surface area (Å²) >= 11 is 4.08. The number of hydroxylamine groups is 1. The Balaban J connectivity index is 1.83. The van der Waals surface area contributed by atoms with Crippen molar-refractivity contribution >= 4 is 33.9 Å². The lowest BCUT2D eigenvalue weighted by Crippen LogP contribution is -2.20. The highest BCUT2D eigenvalue weighted by atomic mass is 79.9. The standard InChI is InChI=1S/C13H13BrFN7O4S/c1-21(24)27-17-5-4-16-11-10(18-26-19-11)12-20-25-13(23)22(12)7-2-3-9(15)8(14)6-7/h2-3,6,17,24H,4-5H2,1H3,(H,16,19). The molecule has 0 unspecified atom stereocenters. The van der Waals surface area contributed by atoms with E-state index >= 15 is 0 Å². The first-order valence-electron chi connectivity index (χ1n) is 7.40. The minimum atomic E-state index is -0.776. The molecule has 0 aliphatic rings. The van der Waals surface area contributed by atoms with Crippen LogP contribution in [-0.2, 0) is 0 Å². The Morgan fingerprint density at radius 3 is 2.93 bits per heavy atom. The van der Waals surface area contributed by atoms with Gasteiger partial charge in [0.05, 0.1) is 10.2 Å². The van der Waals surface area contributed by atoms with E-state index in [0.717, 1.165) is 21.2 Å². The van der Waals surface area contributed by atoms with Crippen molar-refractivity contribution in [1.29, 1.82) is 0 Å². The Hall–Kier alpha value is -2.26. The zero-order valence-corrected chi connectivity index (χ0v) is 16.1. The third-order valence-electron chi connectivity index (χ3n) is 3.18. The predicted molar refractivity (Wildman–Crippen MR) is 96.7 cm³/mol. The van der Waals surface area contributed by atoms with Crippen molar-refractivity contribution in [3.05, 3.63) is 39.0 Å². The molecule has 0 aliphatic heterocycles. The normalized spacial score (nSPS) is 11.3. The van der Waals surface area contributed by atoms with E-state index in [2.05, 4.69) is 41.4 Å². The van der Waals surface area contributed by atoms with Crippen molar-refractivity contribution in [2.45, 2.75) is 0 Å². The van der Waals surface area contributed by atoms with Gasteiger partial charge in [0.15, 0.2) is 5.69 Å². The average molecular weight is 462 g/mol. The first kappa shape index (κ1) is 19.5. The number of anilines is 1. The predicted octanol–water partition coefficient (Wildman–Crippen LogP) is 1.66. The maximum atomic E-state index is 13.5. The topological polar surface area (TPSA) is 134 Å². The van der Waals surface area contributed by atoms with E-state index in [-0.39, 0.29) is 21.8 Å². The second-order valence-electron chi connectivity index (χ2n) is 5.04. The van der Waals surface area contributed by atoms with E-state index in [1.807, 2.05) is 0 Å². The molecule has 0 bridgehead atoms. The molecule has 0 atom stereocenters. The van der Waals surface area contributed by atoms with Gasteiger partial charge in [0.25, 0.3) is 0 Å². The smallest absolute Gasteiger partial charge is 0.364 e. The summed E-state index contributed by atoms with van der Waals surface area (Å²) < 4.78 is 28.0. The fourth-order valence-electron chi connectivity index (χ4n) is 2.07. The molecule has 0 saturated carbocycles. The highest BCUT2D eigenvalue weighted by Crippen LogP contribution is 2.25. The molecule has 0 fully saturated rings. The van der Waals surface area contributed by atoms with Crippen molar-refractivity contribution in [2.24, 2.45) is 0 Å². The van der Waals surface area contributed by atoms with Crippen LogP contribution in [0.15, 0.2) is 36.6 Å². The Bertz CT molecular complexity index is 976. The molecule has 1 aromatic carbocycles. The van der Waals surface area contributed by atoms with Gasteiger partial charge in [0, 0.05) is 32.3 Å². The fraction of sp³-hybridized carbons (Fsp3) is 0.231. The Labute approximate surface area is 163 Å². The molecule has 27 heavy (non-hydrogen) atoms. The van der Waals surface area contributed by atoms with E-state index in [1.54, 1.807) is 0 Å². The van der Waals surface area contributed by atoms with Gasteiger partial charge in [-0.15, -0.1) is 4.47 Å². The van der Waals surface area contributed by atoms with Gasteiger partial charge in [-0.05, 0) is 44.4 Å². The summed E-state index contributed by atoms with van der Waals surface area (Å²) in [4.78, 5) is 12.1. The minimum absolute atomic E-state index is 0.0414. The van der Waals surface area contributed by atoms with Crippen LogP contribution in [0.4, 0.5) is 10.2 Å². The quantitative estimate of drug-likeness (QED) is 0.256. The van der Waals surface area contributed by atoms with Crippen LogP contribution in [0, 0.1) is 5.82 Å². The Morgan fingerprint density at radius 2 is 2.19 bits per heavy atom. The largest absolute Gasteiger partial charge is 0.446 e. The summed E-state index contributed by atoms with van der Waals surface area (Å²) in [7, 11) is 1.47. The van der Waals surface area contributed by atoms with Crippen LogP contribution in [0.25, 0.3) is 17.2 Å². The molecule has 2 heterocycles. The molecule has 144 valence electrons. The van der Waals surface area contributed by atoms with E-state index < -0.39 is 11.6 Å². The molecular weight excluding hydrogens is 449 g/mol. The number of hydrogen-bond acceptors (Lipinski definition) is 11. The van der Waals surface area contributed by atoms with E-state index in [1.165, 1.54) is 25.2 Å². The van der Waals surface area contributed by atoms with Crippen LogP contribution in [-0.4, -0.2) is 49.9 Å². The fourth-order valence-corrected chi connectivity index (χ4v) is 2.82. The molecule has 11 nitrogen and oxygen atoms in total. The van der Waals surface area contributed by atoms with Gasteiger partial charge in [-0.1, -0.05) is 5.16 Å². The van der Waals surface area contributed by atoms with Crippen molar-refractivity contribution in [2.75, 3.05) is 25.5 Å². The van der Waals surface area contributed by atoms with Crippen molar-refractivity contribution in [3.63, 3.8) is 0 Å². The van der Waals surface area contributed by atoms with Gasteiger partial charge < -0.3 is 10.5 Å². The number of aromatic nitrogens is 4. The third-order valence-corrected chi connectivity index (χ3v) is 4.39. The number of benzene rings is 1. The summed E-state index contributed by atoms with van der Waals surface area (Å²) in [6.07, 6.45) is 0. The van der Waals surface area contributed by atoms with E-state index in [4.69, 9.17) is 14.4 Å². The molecule has 0 amide bonds. The molecule has 0 saturated heterocycles. The summed E-state index contributed by atoms with van der Waals surface area (Å²) in [5.41, 5.74) is 0.468. The number of nitrogens with zero attached hydrogens (tertiary/aromatic N) is 5. The maximum Gasteiger partial charge on any atom is 0.446 e. The highest BCUT2D eigenvalue weighted by molar-refractivity contribution is 9.10. The van der Waals surface area contributed by atoms with Crippen molar-refractivity contribution in [1.82, 2.24) is 29.2 Å². The van der Waals surface area contributed by atoms with Gasteiger partial charge >= 0.3 is 5.76 Å².